The Kier molecular flexibility index (Phi) is 11.4. The summed E-state index contributed by atoms with van der Waals surface area (Å²) in [4.78, 5) is 78.5. The fourth-order valence-corrected chi connectivity index (χ4v) is 3.63. The highest BCUT2D eigenvalue weighted by Crippen LogP contribution is 2.08. The Hall–Kier alpha value is -4.29. The maximum absolute atomic E-state index is 13.1. The van der Waals surface area contributed by atoms with Crippen molar-refractivity contribution in [2.45, 2.75) is 52.1 Å². The van der Waals surface area contributed by atoms with Gasteiger partial charge in [0.2, 0.25) is 17.6 Å². The maximum atomic E-state index is 13.1. The number of carbonyl (C=O) groups excluding carboxylic acids is 5. The number of anilines is 1. The molecule has 2 rings (SSSR count). The predicted octanol–water partition coefficient (Wildman–Crippen LogP) is -0.0334. The fourth-order valence-electron chi connectivity index (χ4n) is 3.63. The van der Waals surface area contributed by atoms with E-state index in [0.29, 0.717) is 12.5 Å². The zero-order valence-corrected chi connectivity index (χ0v) is 22.1. The first-order valence-electron chi connectivity index (χ1n) is 12.4. The van der Waals surface area contributed by atoms with Crippen LogP contribution in [-0.4, -0.2) is 63.2 Å². The Labute approximate surface area is 220 Å². The molecular formula is C25H35N7O6. The number of hydrogen-bond donors (Lipinski definition) is 4. The molecule has 0 aromatic carbocycles. The minimum absolute atomic E-state index is 0.109. The van der Waals surface area contributed by atoms with Gasteiger partial charge >= 0.3 is 0 Å². The zero-order valence-electron chi connectivity index (χ0n) is 22.1. The number of carbonyl (C=O) groups is 5. The van der Waals surface area contributed by atoms with Crippen LogP contribution in [0, 0.1) is 5.92 Å². The molecule has 0 aliphatic carbocycles. The van der Waals surface area contributed by atoms with Crippen molar-refractivity contribution < 1.29 is 24.0 Å². The molecule has 2 heterocycles. The summed E-state index contributed by atoms with van der Waals surface area (Å²) in [5, 5.41) is 10.0. The fraction of sp³-hybridized carbons (Fsp3) is 0.480. The number of ketones is 1. The Balaban J connectivity index is 2.16. The third-order valence-electron chi connectivity index (χ3n) is 6.15. The third kappa shape index (κ3) is 8.39. The molecule has 38 heavy (non-hydrogen) atoms. The summed E-state index contributed by atoms with van der Waals surface area (Å²) in [7, 11) is 2.90. The van der Waals surface area contributed by atoms with Gasteiger partial charge in [-0.15, -0.1) is 0 Å². The molecule has 1 atom stereocenters. The Morgan fingerprint density at radius 1 is 1.11 bits per heavy atom. The Morgan fingerprint density at radius 2 is 1.82 bits per heavy atom. The molecule has 0 unspecified atom stereocenters. The molecule has 13 heteroatoms. The van der Waals surface area contributed by atoms with Crippen LogP contribution in [0.3, 0.4) is 0 Å². The summed E-state index contributed by atoms with van der Waals surface area (Å²) in [5.74, 6) is -2.97. The number of amides is 4. The highest BCUT2D eigenvalue weighted by molar-refractivity contribution is 6.36. The van der Waals surface area contributed by atoms with E-state index < -0.39 is 35.1 Å². The SMILES string of the molecule is CCC(CC)CNC(=O)Cn1cccc(NC(=O)[C@H](CCC(=O)C(=O)NC)NC(=O)c2cncn2C)c1=O. The predicted molar refractivity (Wildman–Crippen MR) is 139 cm³/mol. The molecule has 206 valence electrons. The first kappa shape index (κ1) is 29.9. The van der Waals surface area contributed by atoms with E-state index in [2.05, 4.69) is 26.3 Å². The lowest BCUT2D eigenvalue weighted by Gasteiger charge is -2.18. The average Bonchev–Trinajstić information content (AvgIpc) is 3.34. The lowest BCUT2D eigenvalue weighted by Crippen LogP contribution is -2.45. The van der Waals surface area contributed by atoms with E-state index in [1.807, 2.05) is 13.8 Å². The quantitative estimate of drug-likeness (QED) is 0.249. The van der Waals surface area contributed by atoms with E-state index in [1.165, 1.54) is 42.5 Å². The summed E-state index contributed by atoms with van der Waals surface area (Å²) in [6.45, 7) is 4.35. The molecule has 13 nitrogen and oxygen atoms in total. The lowest BCUT2D eigenvalue weighted by atomic mass is 10.0. The van der Waals surface area contributed by atoms with E-state index >= 15 is 0 Å². The van der Waals surface area contributed by atoms with Crippen molar-refractivity contribution in [2.75, 3.05) is 18.9 Å². The first-order valence-corrected chi connectivity index (χ1v) is 12.4. The maximum Gasteiger partial charge on any atom is 0.287 e. The van der Waals surface area contributed by atoms with Crippen molar-refractivity contribution in [2.24, 2.45) is 13.0 Å². The molecule has 0 saturated heterocycles. The molecule has 2 aromatic heterocycles. The second kappa shape index (κ2) is 14.4. The standard InChI is InChI=1S/C25H35N7O6/c1-5-16(6-2)12-28-21(34)14-32-11-7-8-18(25(32)38)30-22(35)17(9-10-20(33)24(37)26-3)29-23(36)19-13-27-15-31(19)4/h7-8,11,13,15-17H,5-6,9-10,12,14H2,1-4H3,(H,26,37)(H,28,34)(H,29,36)(H,30,35)/t17-/m0/s1. The van der Waals surface area contributed by atoms with Gasteiger partial charge in [0.05, 0.1) is 12.5 Å². The largest absolute Gasteiger partial charge is 0.354 e. The van der Waals surface area contributed by atoms with E-state index in [4.69, 9.17) is 0 Å². The van der Waals surface area contributed by atoms with E-state index in [9.17, 15) is 28.8 Å². The van der Waals surface area contributed by atoms with Crippen LogP contribution in [-0.2, 0) is 32.8 Å². The van der Waals surface area contributed by atoms with Crippen LogP contribution < -0.4 is 26.8 Å². The molecule has 0 saturated carbocycles. The highest BCUT2D eigenvalue weighted by atomic mass is 16.2. The van der Waals surface area contributed by atoms with Gasteiger partial charge in [-0.1, -0.05) is 26.7 Å². The van der Waals surface area contributed by atoms with Crippen molar-refractivity contribution in [3.63, 3.8) is 0 Å². The van der Waals surface area contributed by atoms with Gasteiger partial charge in [-0.25, -0.2) is 4.98 Å². The van der Waals surface area contributed by atoms with Crippen molar-refractivity contribution in [3.05, 3.63) is 46.9 Å². The number of imidazole rings is 1. The minimum Gasteiger partial charge on any atom is -0.354 e. The second-order valence-corrected chi connectivity index (χ2v) is 8.79. The first-order chi connectivity index (χ1) is 18.1. The van der Waals surface area contributed by atoms with Crippen LogP contribution in [0.25, 0.3) is 0 Å². The van der Waals surface area contributed by atoms with Gasteiger partial charge in [-0.05, 0) is 24.5 Å². The number of rotatable bonds is 14. The van der Waals surface area contributed by atoms with Gasteiger partial charge in [0, 0.05) is 33.3 Å². The second-order valence-electron chi connectivity index (χ2n) is 8.79. The van der Waals surface area contributed by atoms with Crippen LogP contribution >= 0.6 is 0 Å². The number of hydrogen-bond acceptors (Lipinski definition) is 7. The van der Waals surface area contributed by atoms with Gasteiger partial charge in [0.25, 0.3) is 17.4 Å². The minimum atomic E-state index is -1.25. The highest BCUT2D eigenvalue weighted by Gasteiger charge is 2.26. The number of aromatic nitrogens is 3. The van der Waals surface area contributed by atoms with Crippen molar-refractivity contribution in [1.29, 1.82) is 0 Å². The van der Waals surface area contributed by atoms with E-state index in [1.54, 1.807) is 7.05 Å². The van der Waals surface area contributed by atoms with Crippen molar-refractivity contribution >= 4 is 35.1 Å². The van der Waals surface area contributed by atoms with E-state index in [0.717, 1.165) is 17.4 Å². The number of nitrogens with zero attached hydrogens (tertiary/aromatic N) is 3. The van der Waals surface area contributed by atoms with Crippen molar-refractivity contribution in [3.8, 4) is 0 Å². The van der Waals surface area contributed by atoms with E-state index in [-0.39, 0.29) is 36.7 Å². The summed E-state index contributed by atoms with van der Waals surface area (Å²) in [6.07, 6.45) is 5.48. The molecule has 0 bridgehead atoms. The smallest absolute Gasteiger partial charge is 0.287 e. The molecule has 4 N–H and O–H groups in total. The van der Waals surface area contributed by atoms with Crippen LogP contribution in [0.15, 0.2) is 35.6 Å². The van der Waals surface area contributed by atoms with Gasteiger partial charge < -0.3 is 30.4 Å². The molecular weight excluding hydrogens is 494 g/mol. The number of aryl methyl sites for hydroxylation is 1. The molecule has 0 radical (unpaired) electrons. The van der Waals surface area contributed by atoms with Crippen molar-refractivity contribution in [1.82, 2.24) is 30.1 Å². The molecule has 0 spiro atoms. The summed E-state index contributed by atoms with van der Waals surface area (Å²) in [6, 6.07) is 1.63. The lowest BCUT2D eigenvalue weighted by molar-refractivity contribution is -0.137. The molecule has 2 aromatic rings. The Bertz CT molecular complexity index is 1210. The number of Topliss-reactive ketones (excluding diaryl/α,β-unsaturated/α-hetero) is 1. The summed E-state index contributed by atoms with van der Waals surface area (Å²) in [5.41, 5.74) is -0.554. The van der Waals surface area contributed by atoms with Gasteiger partial charge in [-0.3, -0.25) is 28.8 Å². The monoisotopic (exact) mass is 529 g/mol. The molecule has 4 amide bonds. The van der Waals surface area contributed by atoms with Crippen LogP contribution in [0.5, 0.6) is 0 Å². The summed E-state index contributed by atoms with van der Waals surface area (Å²) >= 11 is 0. The average molecular weight is 530 g/mol. The zero-order chi connectivity index (χ0) is 28.2. The Morgan fingerprint density at radius 3 is 2.42 bits per heavy atom. The third-order valence-corrected chi connectivity index (χ3v) is 6.15. The number of nitrogens with one attached hydrogen (secondary N) is 4. The molecule has 0 aliphatic heterocycles. The number of likely N-dealkylation sites (N-methyl/N-ethyl adjacent to an activating group) is 1. The van der Waals surface area contributed by atoms with Gasteiger partial charge in [0.1, 0.15) is 24.0 Å². The normalized spacial score (nSPS) is 11.5. The van der Waals surface area contributed by atoms with Gasteiger partial charge in [-0.2, -0.15) is 0 Å². The molecule has 0 fully saturated rings. The van der Waals surface area contributed by atoms with Gasteiger partial charge in [0.15, 0.2) is 0 Å². The summed E-state index contributed by atoms with van der Waals surface area (Å²) < 4.78 is 2.61. The molecule has 0 aliphatic rings. The van der Waals surface area contributed by atoms with Crippen LogP contribution in [0.1, 0.15) is 50.0 Å². The topological polar surface area (TPSA) is 173 Å². The van der Waals surface area contributed by atoms with Crippen LogP contribution in [0.4, 0.5) is 5.69 Å². The van der Waals surface area contributed by atoms with Crippen LogP contribution in [0.2, 0.25) is 0 Å². The number of pyridine rings is 1.